The number of amides is 5. The van der Waals surface area contributed by atoms with E-state index in [1.54, 1.807) is 58.9 Å². The summed E-state index contributed by atoms with van der Waals surface area (Å²) < 4.78 is 38.7. The van der Waals surface area contributed by atoms with E-state index in [-0.39, 0.29) is 12.6 Å². The van der Waals surface area contributed by atoms with E-state index in [1.165, 1.54) is 6.92 Å². The third-order valence-electron chi connectivity index (χ3n) is 6.10. The van der Waals surface area contributed by atoms with Gasteiger partial charge in [-0.2, -0.15) is 8.42 Å². The van der Waals surface area contributed by atoms with Crippen LogP contribution in [0, 0.1) is 11.3 Å². The topological polar surface area (TPSA) is 205 Å². The summed E-state index contributed by atoms with van der Waals surface area (Å²) in [5.74, 6) is -5.41. The zero-order valence-corrected chi connectivity index (χ0v) is 25.0. The molecule has 1 unspecified atom stereocenters. The molecule has 0 spiro atoms. The van der Waals surface area contributed by atoms with Gasteiger partial charge in [-0.25, -0.2) is 0 Å². The number of rotatable bonds is 12. The van der Waals surface area contributed by atoms with Gasteiger partial charge < -0.3 is 20.7 Å². The van der Waals surface area contributed by atoms with Crippen molar-refractivity contribution in [2.24, 2.45) is 11.3 Å². The zero-order chi connectivity index (χ0) is 32.0. The number of carbonyl (C=O) groups excluding carboxylic acids is 6. The third kappa shape index (κ3) is 9.48. The Bertz CT molecular complexity index is 1350. The monoisotopic (exact) mass is 608 g/mol. The average Bonchev–Trinajstić information content (AvgIpc) is 3.19. The van der Waals surface area contributed by atoms with Crippen LogP contribution >= 0.6 is 0 Å². The number of esters is 1. The molecule has 0 bridgehead atoms. The van der Waals surface area contributed by atoms with E-state index in [1.807, 2.05) is 0 Å². The Morgan fingerprint density at radius 3 is 1.93 bits per heavy atom. The van der Waals surface area contributed by atoms with Gasteiger partial charge in [-0.3, -0.25) is 38.2 Å². The molecular weight excluding hydrogens is 572 g/mol. The van der Waals surface area contributed by atoms with Gasteiger partial charge in [-0.05, 0) is 51.3 Å². The van der Waals surface area contributed by atoms with Gasteiger partial charge in [0.1, 0.15) is 18.7 Å². The minimum atomic E-state index is -5.09. The molecule has 0 saturated heterocycles. The molecule has 3 atom stereocenters. The molecule has 0 aliphatic carbocycles. The maximum atomic E-state index is 13.0. The van der Waals surface area contributed by atoms with Crippen LogP contribution in [-0.4, -0.2) is 77.3 Å². The summed E-state index contributed by atoms with van der Waals surface area (Å²) in [6.07, 6.45) is 1.77. The van der Waals surface area contributed by atoms with Gasteiger partial charge in [0.25, 0.3) is 21.9 Å². The van der Waals surface area contributed by atoms with Crippen LogP contribution in [0.25, 0.3) is 0 Å². The van der Waals surface area contributed by atoms with Gasteiger partial charge in [0.15, 0.2) is 5.25 Å². The number of benzene rings is 1. The lowest BCUT2D eigenvalue weighted by molar-refractivity contribution is -0.154. The molecule has 2 rings (SSSR count). The number of hydrogen-bond acceptors (Lipinski definition) is 9. The molecule has 1 aromatic rings. The van der Waals surface area contributed by atoms with E-state index in [4.69, 9.17) is 4.74 Å². The van der Waals surface area contributed by atoms with Crippen molar-refractivity contribution >= 4 is 51.3 Å². The van der Waals surface area contributed by atoms with Crippen molar-refractivity contribution in [2.75, 3.05) is 11.9 Å². The van der Waals surface area contributed by atoms with Crippen LogP contribution in [0.2, 0.25) is 0 Å². The first kappa shape index (κ1) is 34.1. The largest absolute Gasteiger partial charge is 0.460 e. The van der Waals surface area contributed by atoms with E-state index in [2.05, 4.69) is 16.0 Å². The fourth-order valence-electron chi connectivity index (χ4n) is 3.54. The van der Waals surface area contributed by atoms with Gasteiger partial charge in [0.05, 0.1) is 12.0 Å². The van der Waals surface area contributed by atoms with E-state index < -0.39 is 74.9 Å². The molecule has 230 valence electrons. The Morgan fingerprint density at radius 2 is 1.45 bits per heavy atom. The standard InChI is InChI=1S/C27H36N4O10S/c1-15(2)22(30-24(35)19(42(38,39)40)13-31-20(32)11-12-21(31)33)25(36)28-16(3)23(34)29-18-9-7-17(8-10-18)14-41-26(37)27(4,5)6/h7-12,15-16,19,22H,13-14H2,1-6H3,(H,28,36)(H,29,34)(H,30,35)(H,38,39,40)/t16-,19?,22-/m0/s1. The maximum absolute atomic E-state index is 13.0. The molecule has 0 fully saturated rings. The number of hydrogen-bond donors (Lipinski definition) is 4. The SMILES string of the molecule is CC(C)[C@H](NC(=O)C(CN1C(=O)C=CC1=O)S(=O)(=O)O)C(=O)N[C@@H](C)C(=O)Nc1ccc(COC(=O)C(C)(C)C)cc1. The van der Waals surface area contributed by atoms with Crippen molar-refractivity contribution in [2.45, 2.75) is 65.5 Å². The molecule has 0 radical (unpaired) electrons. The van der Waals surface area contributed by atoms with Gasteiger partial charge in [-0.1, -0.05) is 26.0 Å². The second-order valence-corrected chi connectivity index (χ2v) is 12.7. The Balaban J connectivity index is 2.01. The maximum Gasteiger partial charge on any atom is 0.311 e. The predicted octanol–water partition coefficient (Wildman–Crippen LogP) is 0.541. The second kappa shape index (κ2) is 13.7. The van der Waals surface area contributed by atoms with Gasteiger partial charge >= 0.3 is 5.97 Å². The van der Waals surface area contributed by atoms with Crippen LogP contribution in [0.15, 0.2) is 36.4 Å². The second-order valence-electron chi connectivity index (χ2n) is 11.1. The number of nitrogens with one attached hydrogen (secondary N) is 3. The lowest BCUT2D eigenvalue weighted by Crippen LogP contribution is -2.57. The molecular formula is C27H36N4O10S. The van der Waals surface area contributed by atoms with Crippen molar-refractivity contribution in [3.8, 4) is 0 Å². The van der Waals surface area contributed by atoms with Crippen LogP contribution in [0.4, 0.5) is 5.69 Å². The number of imide groups is 1. The van der Waals surface area contributed by atoms with Crippen LogP contribution in [0.5, 0.6) is 0 Å². The number of ether oxygens (including phenoxy) is 1. The molecule has 4 N–H and O–H groups in total. The normalized spacial score (nSPS) is 15.7. The number of carbonyl (C=O) groups is 6. The molecule has 1 aliphatic rings. The molecule has 15 heteroatoms. The average molecular weight is 609 g/mol. The number of nitrogens with zero attached hydrogens (tertiary/aromatic N) is 1. The third-order valence-corrected chi connectivity index (χ3v) is 7.19. The summed E-state index contributed by atoms with van der Waals surface area (Å²) in [6, 6.07) is 4.06. The van der Waals surface area contributed by atoms with Gasteiger partial charge in [0, 0.05) is 17.8 Å². The Morgan fingerprint density at radius 1 is 0.905 bits per heavy atom. The lowest BCUT2D eigenvalue weighted by Gasteiger charge is -2.26. The van der Waals surface area contributed by atoms with E-state index in [9.17, 15) is 41.7 Å². The minimum absolute atomic E-state index is 0.0546. The summed E-state index contributed by atoms with van der Waals surface area (Å²) in [6.45, 7) is 8.80. The minimum Gasteiger partial charge on any atom is -0.460 e. The van der Waals surface area contributed by atoms with E-state index >= 15 is 0 Å². The van der Waals surface area contributed by atoms with Crippen LogP contribution in [-0.2, 0) is 50.2 Å². The van der Waals surface area contributed by atoms with E-state index in [0.29, 0.717) is 16.2 Å². The quantitative estimate of drug-likeness (QED) is 0.147. The fraction of sp³-hybridized carbons (Fsp3) is 0.481. The fourth-order valence-corrected chi connectivity index (χ4v) is 4.22. The van der Waals surface area contributed by atoms with Crippen molar-refractivity contribution < 1.29 is 46.5 Å². The summed E-state index contributed by atoms with van der Waals surface area (Å²) in [5, 5.41) is 5.05. The Labute approximate surface area is 244 Å². The highest BCUT2D eigenvalue weighted by Crippen LogP contribution is 2.18. The van der Waals surface area contributed by atoms with Gasteiger partial charge in [0.2, 0.25) is 17.7 Å². The smallest absolute Gasteiger partial charge is 0.311 e. The zero-order valence-electron chi connectivity index (χ0n) is 24.2. The molecule has 5 amide bonds. The highest BCUT2D eigenvalue weighted by molar-refractivity contribution is 7.87. The first-order chi connectivity index (χ1) is 19.3. The van der Waals surface area contributed by atoms with Crippen LogP contribution in [0.1, 0.15) is 47.1 Å². The lowest BCUT2D eigenvalue weighted by atomic mass is 9.97. The number of anilines is 1. The van der Waals surface area contributed by atoms with Crippen molar-refractivity contribution in [1.82, 2.24) is 15.5 Å². The summed E-state index contributed by atoms with van der Waals surface area (Å²) in [4.78, 5) is 74.5. The molecule has 1 heterocycles. The summed E-state index contributed by atoms with van der Waals surface area (Å²) in [7, 11) is -5.09. The molecule has 14 nitrogen and oxygen atoms in total. The summed E-state index contributed by atoms with van der Waals surface area (Å²) in [5.41, 5.74) is 0.452. The molecule has 42 heavy (non-hydrogen) atoms. The molecule has 1 aliphatic heterocycles. The highest BCUT2D eigenvalue weighted by Gasteiger charge is 2.39. The molecule has 1 aromatic carbocycles. The summed E-state index contributed by atoms with van der Waals surface area (Å²) >= 11 is 0. The van der Waals surface area contributed by atoms with Crippen LogP contribution in [0.3, 0.4) is 0 Å². The predicted molar refractivity (Wildman–Crippen MR) is 150 cm³/mol. The molecule has 0 aromatic heterocycles. The Hall–Kier alpha value is -4.11. The first-order valence-corrected chi connectivity index (χ1v) is 14.5. The highest BCUT2D eigenvalue weighted by atomic mass is 32.2. The van der Waals surface area contributed by atoms with Crippen molar-refractivity contribution in [3.05, 3.63) is 42.0 Å². The van der Waals surface area contributed by atoms with E-state index in [0.717, 1.165) is 12.2 Å². The first-order valence-electron chi connectivity index (χ1n) is 13.0. The van der Waals surface area contributed by atoms with Crippen LogP contribution < -0.4 is 16.0 Å². The van der Waals surface area contributed by atoms with Gasteiger partial charge in [-0.15, -0.1) is 0 Å². The van der Waals surface area contributed by atoms with Crippen molar-refractivity contribution in [1.29, 1.82) is 0 Å². The van der Waals surface area contributed by atoms with Crippen molar-refractivity contribution in [3.63, 3.8) is 0 Å². The Kier molecular flexibility index (Phi) is 11.1. The molecule has 0 saturated carbocycles.